The first-order valence-electron chi connectivity index (χ1n) is 6.40. The van der Waals surface area contributed by atoms with Crippen molar-refractivity contribution in [2.24, 2.45) is 21.9 Å². The highest BCUT2D eigenvalue weighted by Gasteiger charge is 2.33. The minimum Gasteiger partial charge on any atom is -0.375 e. The topological polar surface area (TPSA) is 57.1 Å². The summed E-state index contributed by atoms with van der Waals surface area (Å²) in [6.45, 7) is 9.70. The second kappa shape index (κ2) is 6.87. The molecule has 19 heavy (non-hydrogen) atoms. The first kappa shape index (κ1) is 15.1. The summed E-state index contributed by atoms with van der Waals surface area (Å²) in [5.74, 6) is 0.937. The van der Waals surface area contributed by atoms with Crippen LogP contribution in [0.2, 0.25) is 0 Å². The van der Waals surface area contributed by atoms with Gasteiger partial charge in [0.25, 0.3) is 0 Å². The van der Waals surface area contributed by atoms with Crippen LogP contribution in [0.1, 0.15) is 20.8 Å². The average Bonchev–Trinajstić information content (AvgIpc) is 2.43. The number of hydrogen-bond donors (Lipinski definition) is 1. The zero-order chi connectivity index (χ0) is 14.4. The van der Waals surface area contributed by atoms with Gasteiger partial charge in [-0.3, -0.25) is 9.79 Å². The van der Waals surface area contributed by atoms with E-state index in [1.165, 1.54) is 5.01 Å². The second-order valence-corrected chi connectivity index (χ2v) is 4.57. The van der Waals surface area contributed by atoms with Crippen molar-refractivity contribution in [1.29, 1.82) is 0 Å². The maximum absolute atomic E-state index is 12.2. The van der Waals surface area contributed by atoms with Crippen molar-refractivity contribution in [3.05, 3.63) is 23.9 Å². The monoisotopic (exact) mass is 262 g/mol. The van der Waals surface area contributed by atoms with Gasteiger partial charge >= 0.3 is 0 Å². The summed E-state index contributed by atoms with van der Waals surface area (Å²) in [5.41, 5.74) is 0.974. The van der Waals surface area contributed by atoms with E-state index in [9.17, 15) is 4.79 Å². The minimum atomic E-state index is -0.0698. The lowest BCUT2D eigenvalue weighted by Gasteiger charge is -2.32. The van der Waals surface area contributed by atoms with Crippen LogP contribution in [0.4, 0.5) is 0 Å². The van der Waals surface area contributed by atoms with Crippen LogP contribution in [0.5, 0.6) is 0 Å². The molecular formula is C14H22N4O. The first-order chi connectivity index (χ1) is 9.04. The van der Waals surface area contributed by atoms with E-state index in [-0.39, 0.29) is 17.7 Å². The standard InChI is InChI=1S/C14H22N4O/c1-6-12(7-8-15-4)9-18-14(19)11(3)10(2)13(16-5)17-18/h6-8,10-11H,4,9H2,1-3,5H3,(H,16,17)/b8-7-,12-6+. The highest BCUT2D eigenvalue weighted by atomic mass is 16.2. The third kappa shape index (κ3) is 3.53. The maximum atomic E-state index is 12.2. The van der Waals surface area contributed by atoms with E-state index in [0.29, 0.717) is 6.54 Å². The number of hydrogen-bond acceptors (Lipinski definition) is 4. The van der Waals surface area contributed by atoms with E-state index >= 15 is 0 Å². The van der Waals surface area contributed by atoms with Crippen LogP contribution < -0.4 is 5.32 Å². The Morgan fingerprint density at radius 3 is 2.74 bits per heavy atom. The Morgan fingerprint density at radius 1 is 1.53 bits per heavy atom. The fourth-order valence-corrected chi connectivity index (χ4v) is 1.91. The van der Waals surface area contributed by atoms with Crippen LogP contribution in [-0.2, 0) is 4.79 Å². The Labute approximate surface area is 114 Å². The van der Waals surface area contributed by atoms with Crippen molar-refractivity contribution in [2.75, 3.05) is 13.6 Å². The van der Waals surface area contributed by atoms with Gasteiger partial charge < -0.3 is 5.32 Å². The molecule has 1 N–H and O–H groups in total. The molecule has 5 nitrogen and oxygen atoms in total. The summed E-state index contributed by atoms with van der Waals surface area (Å²) >= 11 is 0. The molecule has 1 heterocycles. The number of hydrazone groups is 1. The van der Waals surface area contributed by atoms with E-state index in [2.05, 4.69) is 22.1 Å². The van der Waals surface area contributed by atoms with Gasteiger partial charge in [-0.2, -0.15) is 5.10 Å². The number of rotatable bonds is 4. The third-order valence-electron chi connectivity index (χ3n) is 3.41. The zero-order valence-electron chi connectivity index (χ0n) is 12.1. The van der Waals surface area contributed by atoms with Crippen molar-refractivity contribution in [3.8, 4) is 0 Å². The number of allylic oxidation sites excluding steroid dienone is 1. The van der Waals surface area contributed by atoms with Gasteiger partial charge in [-0.25, -0.2) is 5.01 Å². The Balaban J connectivity index is 2.93. The zero-order valence-corrected chi connectivity index (χ0v) is 12.1. The van der Waals surface area contributed by atoms with Gasteiger partial charge in [0.05, 0.1) is 6.54 Å². The number of amides is 1. The van der Waals surface area contributed by atoms with Crippen molar-refractivity contribution < 1.29 is 4.79 Å². The molecule has 1 aliphatic rings. The molecule has 0 aromatic rings. The minimum absolute atomic E-state index is 0.0470. The lowest BCUT2D eigenvalue weighted by Crippen LogP contribution is -2.46. The lowest BCUT2D eigenvalue weighted by atomic mass is 9.92. The molecule has 0 spiro atoms. The molecule has 5 heteroatoms. The molecule has 0 radical (unpaired) electrons. The fourth-order valence-electron chi connectivity index (χ4n) is 1.91. The number of carbonyl (C=O) groups excluding carboxylic acids is 1. The van der Waals surface area contributed by atoms with Gasteiger partial charge in [-0.05, 0) is 25.3 Å². The third-order valence-corrected chi connectivity index (χ3v) is 3.41. The molecule has 0 aliphatic carbocycles. The molecular weight excluding hydrogens is 240 g/mol. The molecule has 0 aromatic heterocycles. The molecule has 0 fully saturated rings. The molecule has 1 amide bonds. The number of aliphatic imine (C=N–C) groups is 1. The van der Waals surface area contributed by atoms with Gasteiger partial charge in [0.2, 0.25) is 5.91 Å². The lowest BCUT2D eigenvalue weighted by molar-refractivity contribution is -0.136. The van der Waals surface area contributed by atoms with Crippen molar-refractivity contribution in [2.45, 2.75) is 20.8 Å². The van der Waals surface area contributed by atoms with Crippen LogP contribution in [-0.4, -0.2) is 37.1 Å². The van der Waals surface area contributed by atoms with Crippen molar-refractivity contribution >= 4 is 18.5 Å². The Morgan fingerprint density at radius 2 is 2.21 bits per heavy atom. The summed E-state index contributed by atoms with van der Waals surface area (Å²) in [5, 5.41) is 8.95. The molecule has 0 bridgehead atoms. The average molecular weight is 262 g/mol. The normalized spacial score (nSPS) is 24.6. The molecule has 2 unspecified atom stereocenters. The van der Waals surface area contributed by atoms with E-state index in [0.717, 1.165) is 11.4 Å². The summed E-state index contributed by atoms with van der Waals surface area (Å²) < 4.78 is 0. The summed E-state index contributed by atoms with van der Waals surface area (Å²) in [6.07, 6.45) is 5.38. The van der Waals surface area contributed by atoms with Crippen molar-refractivity contribution in [3.63, 3.8) is 0 Å². The van der Waals surface area contributed by atoms with E-state index in [1.807, 2.05) is 40.0 Å². The summed E-state index contributed by atoms with van der Waals surface area (Å²) in [7, 11) is 1.83. The molecule has 0 saturated heterocycles. The number of nitrogens with zero attached hydrogens (tertiary/aromatic N) is 3. The van der Waals surface area contributed by atoms with Crippen LogP contribution >= 0.6 is 0 Å². The van der Waals surface area contributed by atoms with Crippen LogP contribution in [0.3, 0.4) is 0 Å². The fraction of sp³-hybridized carbons (Fsp3) is 0.500. The smallest absolute Gasteiger partial charge is 0.246 e. The quantitative estimate of drug-likeness (QED) is 0.620. The SMILES string of the molecule is C=N/C=C\C(=C/C)CN1N=C(NC)C(C)C(C)C1=O. The van der Waals surface area contributed by atoms with Gasteiger partial charge in [0.1, 0.15) is 5.84 Å². The number of carbonyl (C=O) groups is 1. The largest absolute Gasteiger partial charge is 0.375 e. The number of amidine groups is 1. The highest BCUT2D eigenvalue weighted by Crippen LogP contribution is 2.21. The summed E-state index contributed by atoms with van der Waals surface area (Å²) in [6, 6.07) is 0. The molecule has 1 rings (SSSR count). The Hall–Kier alpha value is -1.91. The Bertz CT molecular complexity index is 437. The van der Waals surface area contributed by atoms with Crippen LogP contribution in [0, 0.1) is 11.8 Å². The molecule has 2 atom stereocenters. The van der Waals surface area contributed by atoms with Gasteiger partial charge in [0, 0.05) is 25.1 Å². The van der Waals surface area contributed by atoms with Gasteiger partial charge in [-0.15, -0.1) is 0 Å². The molecule has 104 valence electrons. The highest BCUT2D eigenvalue weighted by molar-refractivity contribution is 5.94. The van der Waals surface area contributed by atoms with Crippen molar-refractivity contribution in [1.82, 2.24) is 10.3 Å². The first-order valence-corrected chi connectivity index (χ1v) is 6.40. The van der Waals surface area contributed by atoms with E-state index < -0.39 is 0 Å². The molecule has 1 aliphatic heterocycles. The maximum Gasteiger partial charge on any atom is 0.246 e. The number of nitrogens with one attached hydrogen (secondary N) is 1. The summed E-state index contributed by atoms with van der Waals surface area (Å²) in [4.78, 5) is 15.9. The predicted molar refractivity (Wildman–Crippen MR) is 79.0 cm³/mol. The molecule has 0 saturated carbocycles. The second-order valence-electron chi connectivity index (χ2n) is 4.57. The van der Waals surface area contributed by atoms with E-state index in [1.54, 1.807) is 6.20 Å². The van der Waals surface area contributed by atoms with Gasteiger partial charge in [0.15, 0.2) is 0 Å². The molecule has 0 aromatic carbocycles. The van der Waals surface area contributed by atoms with Crippen LogP contribution in [0.25, 0.3) is 0 Å². The van der Waals surface area contributed by atoms with E-state index in [4.69, 9.17) is 0 Å². The predicted octanol–water partition coefficient (Wildman–Crippen LogP) is 1.79. The Kier molecular flexibility index (Phi) is 5.48. The van der Waals surface area contributed by atoms with Crippen LogP contribution in [0.15, 0.2) is 34.0 Å². The van der Waals surface area contributed by atoms with Gasteiger partial charge in [-0.1, -0.05) is 19.9 Å².